The van der Waals surface area contributed by atoms with Crippen LogP contribution in [0, 0.1) is 0 Å². The molecule has 26 heavy (non-hydrogen) atoms. The highest BCUT2D eigenvalue weighted by atomic mass is 15.0. The smallest absolute Gasteiger partial charge is 0.0645 e. The second-order valence-electron chi connectivity index (χ2n) is 6.38. The van der Waals surface area contributed by atoms with Gasteiger partial charge >= 0.3 is 0 Å². The number of hydrogen-bond acceptors (Lipinski definition) is 0. The second-order valence-corrected chi connectivity index (χ2v) is 6.38. The van der Waals surface area contributed by atoms with E-state index in [2.05, 4.69) is 11.1 Å². The van der Waals surface area contributed by atoms with Gasteiger partial charge in [-0.25, -0.2) is 0 Å². The molecule has 0 fully saturated rings. The van der Waals surface area contributed by atoms with Crippen LogP contribution in [0.2, 0.25) is 0 Å². The maximum Gasteiger partial charge on any atom is 0.0645 e. The van der Waals surface area contributed by atoms with Gasteiger partial charge in [0, 0.05) is 32.7 Å². The summed E-state index contributed by atoms with van der Waals surface area (Å²) >= 11 is 0. The number of benzene rings is 4. The second kappa shape index (κ2) is 4.99. The first-order chi connectivity index (χ1) is 15.0. The minimum Gasteiger partial charge on any atom is -0.354 e. The van der Waals surface area contributed by atoms with Gasteiger partial charge in [-0.15, -0.1) is 0 Å². The predicted octanol–water partition coefficient (Wildman–Crippen LogP) is 6.42. The summed E-state index contributed by atoms with van der Waals surface area (Å²) in [5.74, 6) is 0. The van der Waals surface area contributed by atoms with Crippen LogP contribution < -0.4 is 0 Å². The third-order valence-corrected chi connectivity index (χ3v) is 5.03. The minimum absolute atomic E-state index is 0.160. The Hall–Kier alpha value is -3.52. The zero-order chi connectivity index (χ0) is 21.4. The number of H-pyrrole nitrogens is 1. The normalized spacial score (nSPS) is 14.5. The molecule has 2 nitrogen and oxygen atoms in total. The molecule has 0 saturated carbocycles. The maximum atomic E-state index is 8.51. The lowest BCUT2D eigenvalue weighted by atomic mass is 10.1. The van der Waals surface area contributed by atoms with E-state index in [0.717, 1.165) is 43.6 Å². The van der Waals surface area contributed by atoms with Crippen molar-refractivity contribution in [3.05, 3.63) is 90.9 Å². The van der Waals surface area contributed by atoms with E-state index in [4.69, 9.17) is 6.85 Å². The first-order valence-corrected chi connectivity index (χ1v) is 8.49. The number of aromatic nitrogens is 2. The lowest BCUT2D eigenvalue weighted by Crippen LogP contribution is -1.92. The molecule has 0 amide bonds. The fraction of sp³-hybridized carbons (Fsp3) is 0. The minimum atomic E-state index is -0.391. The molecule has 0 spiro atoms. The molecule has 0 bridgehead atoms. The molecule has 4 aromatic carbocycles. The van der Waals surface area contributed by atoms with Crippen LogP contribution in [-0.4, -0.2) is 9.55 Å². The standard InChI is InChI=1S/C24H16N2/c1-2-8-16(9-3-1)26-21-13-7-5-11-19(21)23-22(26)15-14-18-17-10-4-6-12-20(17)25-24(18)23/h1-15,25H/i1D,2D,3D,8D,9D. The average molecular weight is 337 g/mol. The van der Waals surface area contributed by atoms with Crippen molar-refractivity contribution in [2.45, 2.75) is 0 Å². The van der Waals surface area contributed by atoms with Gasteiger partial charge in [0.2, 0.25) is 0 Å². The van der Waals surface area contributed by atoms with Crippen LogP contribution >= 0.6 is 0 Å². The molecule has 0 saturated heterocycles. The number of nitrogens with one attached hydrogen (secondary N) is 1. The van der Waals surface area contributed by atoms with E-state index in [0.29, 0.717) is 0 Å². The van der Waals surface area contributed by atoms with Crippen LogP contribution in [0.4, 0.5) is 0 Å². The van der Waals surface area contributed by atoms with Crippen molar-refractivity contribution in [3.63, 3.8) is 0 Å². The Morgan fingerprint density at radius 1 is 0.692 bits per heavy atom. The molecule has 0 aliphatic carbocycles. The van der Waals surface area contributed by atoms with Crippen molar-refractivity contribution in [3.8, 4) is 5.69 Å². The van der Waals surface area contributed by atoms with Gasteiger partial charge in [0.25, 0.3) is 0 Å². The summed E-state index contributed by atoms with van der Waals surface area (Å²) in [5.41, 5.74) is 3.75. The third kappa shape index (κ3) is 1.71. The quantitative estimate of drug-likeness (QED) is 0.357. The molecule has 1 N–H and O–H groups in total. The van der Waals surface area contributed by atoms with Crippen LogP contribution in [-0.2, 0) is 0 Å². The Morgan fingerprint density at radius 2 is 1.46 bits per heavy atom. The molecule has 122 valence electrons. The first kappa shape index (κ1) is 9.83. The zero-order valence-electron chi connectivity index (χ0n) is 18.7. The summed E-state index contributed by atoms with van der Waals surface area (Å²) in [4.78, 5) is 3.53. The highest BCUT2D eigenvalue weighted by Crippen LogP contribution is 2.38. The zero-order valence-corrected chi connectivity index (χ0v) is 13.7. The van der Waals surface area contributed by atoms with Gasteiger partial charge in [0.15, 0.2) is 0 Å². The summed E-state index contributed by atoms with van der Waals surface area (Å²) in [5, 5.41) is 4.14. The number of para-hydroxylation sites is 3. The Kier molecular flexibility index (Phi) is 1.89. The first-order valence-electron chi connectivity index (χ1n) is 11.0. The summed E-state index contributed by atoms with van der Waals surface area (Å²) in [6.07, 6.45) is 0. The Bertz CT molecular complexity index is 1660. The topological polar surface area (TPSA) is 20.7 Å². The predicted molar refractivity (Wildman–Crippen MR) is 110 cm³/mol. The van der Waals surface area contributed by atoms with Gasteiger partial charge in [0.1, 0.15) is 0 Å². The van der Waals surface area contributed by atoms with Crippen molar-refractivity contribution in [1.82, 2.24) is 9.55 Å². The lowest BCUT2D eigenvalue weighted by molar-refractivity contribution is 1.18. The number of aromatic amines is 1. The fourth-order valence-electron chi connectivity index (χ4n) is 3.97. The van der Waals surface area contributed by atoms with Crippen molar-refractivity contribution in [2.75, 3.05) is 0 Å². The number of nitrogens with zero attached hydrogens (tertiary/aromatic N) is 1. The molecular formula is C24H16N2. The average Bonchev–Trinajstić information content (AvgIpc) is 3.33. The van der Waals surface area contributed by atoms with Crippen LogP contribution in [0.25, 0.3) is 49.3 Å². The van der Waals surface area contributed by atoms with Gasteiger partial charge in [-0.2, -0.15) is 0 Å². The lowest BCUT2D eigenvalue weighted by Gasteiger charge is -2.07. The van der Waals surface area contributed by atoms with E-state index in [-0.39, 0.29) is 29.9 Å². The van der Waals surface area contributed by atoms with E-state index >= 15 is 0 Å². The Morgan fingerprint density at radius 3 is 2.35 bits per heavy atom. The van der Waals surface area contributed by atoms with Crippen molar-refractivity contribution in [2.24, 2.45) is 0 Å². The molecule has 0 radical (unpaired) electrons. The molecule has 2 aromatic heterocycles. The Labute approximate surface area is 157 Å². The third-order valence-electron chi connectivity index (χ3n) is 5.03. The molecule has 0 unspecified atom stereocenters. The van der Waals surface area contributed by atoms with E-state index in [1.165, 1.54) is 0 Å². The van der Waals surface area contributed by atoms with Crippen LogP contribution in [0.15, 0.2) is 90.9 Å². The van der Waals surface area contributed by atoms with Crippen molar-refractivity contribution in [1.29, 1.82) is 0 Å². The number of rotatable bonds is 1. The van der Waals surface area contributed by atoms with E-state index < -0.39 is 6.04 Å². The van der Waals surface area contributed by atoms with Gasteiger partial charge in [-0.3, -0.25) is 0 Å². The van der Waals surface area contributed by atoms with E-state index in [1.54, 1.807) is 4.57 Å². The van der Waals surface area contributed by atoms with E-state index in [1.807, 2.05) is 54.6 Å². The summed E-state index contributed by atoms with van der Waals surface area (Å²) in [6.45, 7) is 0. The molecular weight excluding hydrogens is 316 g/mol. The molecule has 0 atom stereocenters. The van der Waals surface area contributed by atoms with Crippen molar-refractivity contribution < 1.29 is 6.85 Å². The van der Waals surface area contributed by atoms with Gasteiger partial charge in [-0.1, -0.05) is 60.6 Å². The summed E-state index contributed by atoms with van der Waals surface area (Å²) < 4.78 is 43.0. The van der Waals surface area contributed by atoms with Gasteiger partial charge < -0.3 is 9.55 Å². The van der Waals surface area contributed by atoms with Gasteiger partial charge in [-0.05, 0) is 30.3 Å². The summed E-state index contributed by atoms with van der Waals surface area (Å²) in [7, 11) is 0. The molecule has 2 heteroatoms. The number of fused-ring (bicyclic) bond motifs is 7. The number of hydrogen-bond donors (Lipinski definition) is 1. The van der Waals surface area contributed by atoms with Crippen LogP contribution in [0.1, 0.15) is 6.85 Å². The fourth-order valence-corrected chi connectivity index (χ4v) is 3.97. The molecule has 6 rings (SSSR count). The monoisotopic (exact) mass is 337 g/mol. The van der Waals surface area contributed by atoms with Crippen LogP contribution in [0.3, 0.4) is 0 Å². The van der Waals surface area contributed by atoms with Gasteiger partial charge in [0.05, 0.1) is 23.4 Å². The molecule has 0 aliphatic heterocycles. The van der Waals surface area contributed by atoms with E-state index in [9.17, 15) is 0 Å². The molecule has 0 aliphatic rings. The highest BCUT2D eigenvalue weighted by Gasteiger charge is 2.16. The van der Waals surface area contributed by atoms with Crippen molar-refractivity contribution >= 4 is 43.6 Å². The Balaban J connectivity index is 1.87. The largest absolute Gasteiger partial charge is 0.354 e. The molecule has 6 aromatic rings. The highest BCUT2D eigenvalue weighted by molar-refractivity contribution is 6.25. The molecule has 2 heterocycles. The SMILES string of the molecule is [2H]c1c([2H])c([2H])c(-n2c3ccccc3c3c4[nH]c5ccccc5c4ccc32)c([2H])c1[2H]. The summed E-state index contributed by atoms with van der Waals surface area (Å²) in [6, 6.07) is 18.4. The van der Waals surface area contributed by atoms with Crippen LogP contribution in [0.5, 0.6) is 0 Å². The maximum absolute atomic E-state index is 8.51.